The number of halogens is 1. The largest absolute Gasteiger partial charge is 0.504 e. The normalized spacial score (nSPS) is 10.0. The molecule has 0 saturated heterocycles. The Kier molecular flexibility index (Phi) is 4.06. The summed E-state index contributed by atoms with van der Waals surface area (Å²) in [6.07, 6.45) is 0. The maximum absolute atomic E-state index is 12.1. The molecule has 2 rings (SSSR count). The van der Waals surface area contributed by atoms with Gasteiger partial charge in [0.2, 0.25) is 0 Å². The summed E-state index contributed by atoms with van der Waals surface area (Å²) in [6, 6.07) is 12.0. The Balaban J connectivity index is 2.25. The SMILES string of the molecule is COc1cccc(C(=O)Nc2cccc(Br)c2)c1O. The molecule has 98 valence electrons. The summed E-state index contributed by atoms with van der Waals surface area (Å²) in [5.41, 5.74) is 0.806. The van der Waals surface area contributed by atoms with Gasteiger partial charge in [0, 0.05) is 10.2 Å². The van der Waals surface area contributed by atoms with Crippen LogP contribution in [0.25, 0.3) is 0 Å². The molecule has 0 heterocycles. The van der Waals surface area contributed by atoms with Gasteiger partial charge in [-0.2, -0.15) is 0 Å². The summed E-state index contributed by atoms with van der Waals surface area (Å²) in [7, 11) is 1.44. The number of carbonyl (C=O) groups is 1. The Morgan fingerprint density at radius 2 is 2.00 bits per heavy atom. The number of phenols is 1. The number of methoxy groups -OCH3 is 1. The number of aromatic hydroxyl groups is 1. The van der Waals surface area contributed by atoms with Gasteiger partial charge in [-0.3, -0.25) is 4.79 Å². The van der Waals surface area contributed by atoms with Crippen LogP contribution in [0.1, 0.15) is 10.4 Å². The molecule has 0 aliphatic carbocycles. The average molecular weight is 322 g/mol. The monoisotopic (exact) mass is 321 g/mol. The van der Waals surface area contributed by atoms with Crippen molar-refractivity contribution >= 4 is 27.5 Å². The molecule has 0 bridgehead atoms. The van der Waals surface area contributed by atoms with Crippen LogP contribution in [-0.2, 0) is 0 Å². The van der Waals surface area contributed by atoms with E-state index in [1.54, 1.807) is 24.3 Å². The van der Waals surface area contributed by atoms with Crippen LogP contribution in [0.2, 0.25) is 0 Å². The van der Waals surface area contributed by atoms with Crippen LogP contribution in [0.5, 0.6) is 11.5 Å². The molecule has 0 unspecified atom stereocenters. The summed E-state index contributed by atoms with van der Waals surface area (Å²) in [5.74, 6) is -0.297. The zero-order valence-corrected chi connectivity index (χ0v) is 11.8. The molecule has 0 atom stereocenters. The first-order chi connectivity index (χ1) is 9.11. The smallest absolute Gasteiger partial charge is 0.259 e. The highest BCUT2D eigenvalue weighted by Gasteiger charge is 2.14. The first-order valence-corrected chi connectivity index (χ1v) is 6.34. The highest BCUT2D eigenvalue weighted by molar-refractivity contribution is 9.10. The van der Waals surface area contributed by atoms with Crippen LogP contribution >= 0.6 is 15.9 Å². The quantitative estimate of drug-likeness (QED) is 0.910. The summed E-state index contributed by atoms with van der Waals surface area (Å²) in [5, 5.41) is 12.6. The van der Waals surface area contributed by atoms with E-state index >= 15 is 0 Å². The number of carbonyl (C=O) groups excluding carboxylic acids is 1. The van der Waals surface area contributed by atoms with E-state index in [0.29, 0.717) is 5.69 Å². The molecule has 1 amide bonds. The Bertz CT molecular complexity index is 613. The maximum atomic E-state index is 12.1. The van der Waals surface area contributed by atoms with Gasteiger partial charge in [-0.25, -0.2) is 0 Å². The lowest BCUT2D eigenvalue weighted by molar-refractivity contribution is 0.102. The van der Waals surface area contributed by atoms with Gasteiger partial charge < -0.3 is 15.2 Å². The van der Waals surface area contributed by atoms with Crippen molar-refractivity contribution in [2.24, 2.45) is 0 Å². The number of rotatable bonds is 3. The molecule has 0 radical (unpaired) electrons. The third kappa shape index (κ3) is 3.06. The number of ether oxygens (including phenoxy) is 1. The zero-order valence-electron chi connectivity index (χ0n) is 10.2. The first-order valence-electron chi connectivity index (χ1n) is 5.54. The average Bonchev–Trinajstić information content (AvgIpc) is 2.39. The van der Waals surface area contributed by atoms with Gasteiger partial charge >= 0.3 is 0 Å². The predicted octanol–water partition coefficient (Wildman–Crippen LogP) is 3.42. The van der Waals surface area contributed by atoms with Gasteiger partial charge in [-0.1, -0.05) is 28.1 Å². The number of hydrogen-bond acceptors (Lipinski definition) is 3. The third-order valence-corrected chi connectivity index (χ3v) is 3.04. The lowest BCUT2D eigenvalue weighted by atomic mass is 10.1. The number of para-hydroxylation sites is 1. The summed E-state index contributed by atoms with van der Waals surface area (Å²) >= 11 is 3.32. The van der Waals surface area contributed by atoms with Crippen molar-refractivity contribution in [2.75, 3.05) is 12.4 Å². The molecular weight excluding hydrogens is 310 g/mol. The van der Waals surface area contributed by atoms with Gasteiger partial charge in [-0.05, 0) is 30.3 Å². The van der Waals surface area contributed by atoms with Gasteiger partial charge in [-0.15, -0.1) is 0 Å². The molecule has 0 spiro atoms. The molecule has 19 heavy (non-hydrogen) atoms. The second kappa shape index (κ2) is 5.75. The number of phenolic OH excluding ortho intramolecular Hbond substituents is 1. The minimum absolute atomic E-state index is 0.166. The molecular formula is C14H12BrNO3. The van der Waals surface area contributed by atoms with E-state index in [9.17, 15) is 9.90 Å². The van der Waals surface area contributed by atoms with Crippen molar-refractivity contribution in [1.29, 1.82) is 0 Å². The first kappa shape index (κ1) is 13.4. The topological polar surface area (TPSA) is 58.6 Å². The lowest BCUT2D eigenvalue weighted by Gasteiger charge is -2.09. The molecule has 0 fully saturated rings. The summed E-state index contributed by atoms with van der Waals surface area (Å²) in [6.45, 7) is 0. The fourth-order valence-corrected chi connectivity index (χ4v) is 2.03. The zero-order chi connectivity index (χ0) is 13.8. The van der Waals surface area contributed by atoms with E-state index in [2.05, 4.69) is 21.2 Å². The molecule has 2 aromatic carbocycles. The number of hydrogen-bond donors (Lipinski definition) is 2. The fourth-order valence-electron chi connectivity index (χ4n) is 1.63. The highest BCUT2D eigenvalue weighted by atomic mass is 79.9. The Morgan fingerprint density at radius 3 is 2.68 bits per heavy atom. The van der Waals surface area contributed by atoms with Gasteiger partial charge in [0.05, 0.1) is 12.7 Å². The molecule has 0 aliphatic rings. The minimum Gasteiger partial charge on any atom is -0.504 e. The van der Waals surface area contributed by atoms with Crippen LogP contribution in [0.4, 0.5) is 5.69 Å². The maximum Gasteiger partial charge on any atom is 0.259 e. The third-order valence-electron chi connectivity index (χ3n) is 2.55. The van der Waals surface area contributed by atoms with Crippen molar-refractivity contribution in [3.05, 3.63) is 52.5 Å². The number of benzene rings is 2. The van der Waals surface area contributed by atoms with Crippen molar-refractivity contribution < 1.29 is 14.6 Å². The summed E-state index contributed by atoms with van der Waals surface area (Å²) in [4.78, 5) is 12.1. The second-order valence-electron chi connectivity index (χ2n) is 3.82. The van der Waals surface area contributed by atoms with Crippen molar-refractivity contribution in [1.82, 2.24) is 0 Å². The van der Waals surface area contributed by atoms with E-state index in [-0.39, 0.29) is 17.1 Å². The fraction of sp³-hybridized carbons (Fsp3) is 0.0714. The number of amides is 1. The van der Waals surface area contributed by atoms with Gasteiger partial charge in [0.25, 0.3) is 5.91 Å². The van der Waals surface area contributed by atoms with Crippen LogP contribution in [0.3, 0.4) is 0 Å². The number of nitrogens with one attached hydrogen (secondary N) is 1. The molecule has 2 N–H and O–H groups in total. The lowest BCUT2D eigenvalue weighted by Crippen LogP contribution is -2.12. The highest BCUT2D eigenvalue weighted by Crippen LogP contribution is 2.30. The van der Waals surface area contributed by atoms with Crippen LogP contribution < -0.4 is 10.1 Å². The number of anilines is 1. The Hall–Kier alpha value is -2.01. The molecule has 0 aromatic heterocycles. The van der Waals surface area contributed by atoms with E-state index in [0.717, 1.165) is 4.47 Å². The molecule has 2 aromatic rings. The van der Waals surface area contributed by atoms with Gasteiger partial charge in [0.15, 0.2) is 11.5 Å². The van der Waals surface area contributed by atoms with Crippen molar-refractivity contribution in [2.45, 2.75) is 0 Å². The predicted molar refractivity (Wildman–Crippen MR) is 76.8 cm³/mol. The van der Waals surface area contributed by atoms with Crippen LogP contribution in [-0.4, -0.2) is 18.1 Å². The molecule has 0 aliphatic heterocycles. The Morgan fingerprint density at radius 1 is 1.26 bits per heavy atom. The molecule has 0 saturated carbocycles. The van der Waals surface area contributed by atoms with E-state index in [1.807, 2.05) is 12.1 Å². The van der Waals surface area contributed by atoms with Crippen LogP contribution in [0.15, 0.2) is 46.9 Å². The molecule has 4 nitrogen and oxygen atoms in total. The van der Waals surface area contributed by atoms with E-state index in [1.165, 1.54) is 13.2 Å². The van der Waals surface area contributed by atoms with E-state index < -0.39 is 5.91 Å². The van der Waals surface area contributed by atoms with Crippen LogP contribution in [0, 0.1) is 0 Å². The van der Waals surface area contributed by atoms with Crippen molar-refractivity contribution in [3.63, 3.8) is 0 Å². The molecule has 5 heteroatoms. The standard InChI is InChI=1S/C14H12BrNO3/c1-19-12-7-3-6-11(13(12)17)14(18)16-10-5-2-4-9(15)8-10/h2-8,17H,1H3,(H,16,18). The second-order valence-corrected chi connectivity index (χ2v) is 4.74. The van der Waals surface area contributed by atoms with E-state index in [4.69, 9.17) is 4.74 Å². The van der Waals surface area contributed by atoms with Gasteiger partial charge in [0.1, 0.15) is 0 Å². The van der Waals surface area contributed by atoms with Crippen molar-refractivity contribution in [3.8, 4) is 11.5 Å². The Labute approximate surface area is 119 Å². The minimum atomic E-state index is -0.394. The summed E-state index contributed by atoms with van der Waals surface area (Å²) < 4.78 is 5.83.